The minimum atomic E-state index is -0.699. The second-order valence-corrected chi connectivity index (χ2v) is 7.75. The van der Waals surface area contributed by atoms with Crippen molar-refractivity contribution in [2.45, 2.75) is 25.8 Å². The van der Waals surface area contributed by atoms with E-state index in [1.165, 1.54) is 0 Å². The van der Waals surface area contributed by atoms with Gasteiger partial charge < -0.3 is 15.7 Å². The maximum absolute atomic E-state index is 12.3. The van der Waals surface area contributed by atoms with Gasteiger partial charge in [0.25, 0.3) is 11.8 Å². The standard InChI is InChI=1S/C22H23N3O5/c1-22(2,13-26)24-18(27)11-14-7-9-15(10-8-14)23-19(28)12-25-20(29)16-5-3-4-6-17(16)21(25)30/h3-10,26H,11-13H2,1-2H3,(H,23,28)(H,24,27). The molecule has 3 N–H and O–H groups in total. The zero-order valence-corrected chi connectivity index (χ0v) is 16.8. The number of carbonyl (C=O) groups is 4. The van der Waals surface area contributed by atoms with Gasteiger partial charge in [0.2, 0.25) is 11.8 Å². The molecule has 0 aromatic heterocycles. The molecule has 2 aromatic rings. The molecule has 0 unspecified atom stereocenters. The van der Waals surface area contributed by atoms with Gasteiger partial charge in [-0.15, -0.1) is 0 Å². The Morgan fingerprint density at radius 2 is 1.50 bits per heavy atom. The van der Waals surface area contributed by atoms with E-state index in [0.717, 1.165) is 10.5 Å². The predicted octanol–water partition coefficient (Wildman–Crippen LogP) is 1.35. The summed E-state index contributed by atoms with van der Waals surface area (Å²) in [4.78, 5) is 49.9. The third-order valence-corrected chi connectivity index (χ3v) is 4.66. The summed E-state index contributed by atoms with van der Waals surface area (Å²) in [6, 6.07) is 13.1. The molecule has 0 saturated heterocycles. The van der Waals surface area contributed by atoms with Crippen molar-refractivity contribution in [3.63, 3.8) is 0 Å². The van der Waals surface area contributed by atoms with Crippen LogP contribution in [0.25, 0.3) is 0 Å². The van der Waals surface area contributed by atoms with Gasteiger partial charge in [-0.1, -0.05) is 24.3 Å². The van der Waals surface area contributed by atoms with Crippen LogP contribution < -0.4 is 10.6 Å². The van der Waals surface area contributed by atoms with E-state index in [0.29, 0.717) is 16.8 Å². The molecule has 1 heterocycles. The molecule has 0 saturated carbocycles. The summed E-state index contributed by atoms with van der Waals surface area (Å²) in [5, 5.41) is 14.6. The van der Waals surface area contributed by atoms with E-state index in [2.05, 4.69) is 10.6 Å². The van der Waals surface area contributed by atoms with Crippen molar-refractivity contribution < 1.29 is 24.3 Å². The van der Waals surface area contributed by atoms with Crippen LogP contribution in [0.4, 0.5) is 5.69 Å². The van der Waals surface area contributed by atoms with Crippen molar-refractivity contribution in [3.8, 4) is 0 Å². The first kappa shape index (κ1) is 21.2. The Morgan fingerprint density at radius 3 is 2.03 bits per heavy atom. The molecule has 156 valence electrons. The van der Waals surface area contributed by atoms with Gasteiger partial charge in [-0.2, -0.15) is 0 Å². The fraction of sp³-hybridized carbons (Fsp3) is 0.273. The summed E-state index contributed by atoms with van der Waals surface area (Å²) >= 11 is 0. The van der Waals surface area contributed by atoms with Gasteiger partial charge in [-0.05, 0) is 43.7 Å². The average molecular weight is 409 g/mol. The molecule has 0 spiro atoms. The second-order valence-electron chi connectivity index (χ2n) is 7.75. The number of carbonyl (C=O) groups excluding carboxylic acids is 4. The molecule has 8 heteroatoms. The Morgan fingerprint density at radius 1 is 0.933 bits per heavy atom. The smallest absolute Gasteiger partial charge is 0.262 e. The van der Waals surface area contributed by atoms with Crippen LogP contribution in [0.3, 0.4) is 0 Å². The molecule has 1 aliphatic heterocycles. The first-order valence-electron chi connectivity index (χ1n) is 9.46. The van der Waals surface area contributed by atoms with Crippen LogP contribution in [-0.4, -0.2) is 52.3 Å². The topological polar surface area (TPSA) is 116 Å². The van der Waals surface area contributed by atoms with Gasteiger partial charge in [-0.3, -0.25) is 24.1 Å². The van der Waals surface area contributed by atoms with Gasteiger partial charge in [-0.25, -0.2) is 0 Å². The minimum Gasteiger partial charge on any atom is -0.394 e. The summed E-state index contributed by atoms with van der Waals surface area (Å²) < 4.78 is 0. The van der Waals surface area contributed by atoms with Gasteiger partial charge in [0, 0.05) is 5.69 Å². The number of imide groups is 1. The van der Waals surface area contributed by atoms with Crippen LogP contribution in [0.15, 0.2) is 48.5 Å². The van der Waals surface area contributed by atoms with E-state index in [9.17, 15) is 24.3 Å². The molecular weight excluding hydrogens is 386 g/mol. The van der Waals surface area contributed by atoms with Crippen LogP contribution >= 0.6 is 0 Å². The van der Waals surface area contributed by atoms with Crippen molar-refractivity contribution in [2.75, 3.05) is 18.5 Å². The highest BCUT2D eigenvalue weighted by atomic mass is 16.3. The highest BCUT2D eigenvalue weighted by molar-refractivity contribution is 6.22. The second kappa shape index (κ2) is 8.46. The predicted molar refractivity (Wildman–Crippen MR) is 110 cm³/mol. The monoisotopic (exact) mass is 409 g/mol. The summed E-state index contributed by atoms with van der Waals surface area (Å²) in [5.41, 5.74) is 1.11. The fourth-order valence-electron chi connectivity index (χ4n) is 3.08. The van der Waals surface area contributed by atoms with Gasteiger partial charge >= 0.3 is 0 Å². The summed E-state index contributed by atoms with van der Waals surface area (Å²) in [7, 11) is 0. The molecular formula is C22H23N3O5. The Bertz CT molecular complexity index is 963. The lowest BCUT2D eigenvalue weighted by atomic mass is 10.1. The molecule has 30 heavy (non-hydrogen) atoms. The van der Waals surface area contributed by atoms with Crippen molar-refractivity contribution in [1.82, 2.24) is 10.2 Å². The summed E-state index contributed by atoms with van der Waals surface area (Å²) in [5.74, 6) is -1.70. The first-order valence-corrected chi connectivity index (χ1v) is 9.46. The SMILES string of the molecule is CC(C)(CO)NC(=O)Cc1ccc(NC(=O)CN2C(=O)c3ccccc3C2=O)cc1. The molecule has 2 aromatic carbocycles. The van der Waals surface area contributed by atoms with Crippen LogP contribution in [0.5, 0.6) is 0 Å². The lowest BCUT2D eigenvalue weighted by Gasteiger charge is -2.23. The zero-order chi connectivity index (χ0) is 21.9. The van der Waals surface area contributed by atoms with Crippen LogP contribution in [0, 0.1) is 0 Å². The van der Waals surface area contributed by atoms with E-state index >= 15 is 0 Å². The summed E-state index contributed by atoms with van der Waals surface area (Å²) in [6.45, 7) is 2.89. The molecule has 0 atom stereocenters. The highest BCUT2D eigenvalue weighted by Crippen LogP contribution is 2.22. The molecule has 0 fully saturated rings. The molecule has 4 amide bonds. The Hall–Kier alpha value is -3.52. The average Bonchev–Trinajstić information content (AvgIpc) is 2.94. The highest BCUT2D eigenvalue weighted by Gasteiger charge is 2.36. The van der Waals surface area contributed by atoms with Crippen LogP contribution in [0.1, 0.15) is 40.1 Å². The van der Waals surface area contributed by atoms with Crippen molar-refractivity contribution >= 4 is 29.3 Å². The minimum absolute atomic E-state index is 0.132. The molecule has 3 rings (SSSR count). The Balaban J connectivity index is 1.56. The van der Waals surface area contributed by atoms with E-state index in [-0.39, 0.29) is 25.5 Å². The van der Waals surface area contributed by atoms with E-state index in [1.807, 2.05) is 0 Å². The quantitative estimate of drug-likeness (QED) is 0.597. The van der Waals surface area contributed by atoms with Gasteiger partial charge in [0.05, 0.1) is 29.7 Å². The third kappa shape index (κ3) is 4.72. The molecule has 1 aliphatic rings. The molecule has 0 bridgehead atoms. The first-order chi connectivity index (χ1) is 14.2. The van der Waals surface area contributed by atoms with Gasteiger partial charge in [0.15, 0.2) is 0 Å². The number of hydrogen-bond donors (Lipinski definition) is 3. The zero-order valence-electron chi connectivity index (χ0n) is 16.8. The number of aliphatic hydroxyl groups excluding tert-OH is 1. The molecule has 0 radical (unpaired) electrons. The number of rotatable bonds is 7. The van der Waals surface area contributed by atoms with Crippen LogP contribution in [0.2, 0.25) is 0 Å². The number of nitrogens with one attached hydrogen (secondary N) is 2. The number of amides is 4. The number of hydrogen-bond acceptors (Lipinski definition) is 5. The number of aliphatic hydroxyl groups is 1. The Kier molecular flexibility index (Phi) is 5.98. The maximum Gasteiger partial charge on any atom is 0.262 e. The Labute approximate surface area is 173 Å². The largest absolute Gasteiger partial charge is 0.394 e. The fourth-order valence-corrected chi connectivity index (χ4v) is 3.08. The van der Waals surface area contributed by atoms with Crippen molar-refractivity contribution in [2.24, 2.45) is 0 Å². The lowest BCUT2D eigenvalue weighted by Crippen LogP contribution is -2.46. The van der Waals surface area contributed by atoms with Gasteiger partial charge in [0.1, 0.15) is 6.54 Å². The number of fused-ring (bicyclic) bond motifs is 1. The number of benzene rings is 2. The normalized spacial score (nSPS) is 13.2. The number of anilines is 1. The van der Waals surface area contributed by atoms with Crippen LogP contribution in [-0.2, 0) is 16.0 Å². The summed E-state index contributed by atoms with van der Waals surface area (Å²) in [6.07, 6.45) is 0.132. The van der Waals surface area contributed by atoms with E-state index < -0.39 is 23.3 Å². The van der Waals surface area contributed by atoms with E-state index in [1.54, 1.807) is 62.4 Å². The maximum atomic E-state index is 12.3. The molecule has 0 aliphatic carbocycles. The number of nitrogens with zero attached hydrogens (tertiary/aromatic N) is 1. The van der Waals surface area contributed by atoms with E-state index in [4.69, 9.17) is 0 Å². The van der Waals surface area contributed by atoms with Crippen molar-refractivity contribution in [3.05, 3.63) is 65.2 Å². The van der Waals surface area contributed by atoms with Crippen molar-refractivity contribution in [1.29, 1.82) is 0 Å². The third-order valence-electron chi connectivity index (χ3n) is 4.66. The molecule has 8 nitrogen and oxygen atoms in total. The lowest BCUT2D eigenvalue weighted by molar-refractivity contribution is -0.122.